The number of hydrogen-bond donors (Lipinski definition) is 1. The maximum atomic E-state index is 6.24. The number of aromatic nitrogens is 4. The first kappa shape index (κ1) is 16.5. The fourth-order valence-corrected chi connectivity index (χ4v) is 3.90. The summed E-state index contributed by atoms with van der Waals surface area (Å²) in [5.74, 6) is 1.35. The van der Waals surface area contributed by atoms with Gasteiger partial charge in [0.1, 0.15) is 11.0 Å². The maximum absolute atomic E-state index is 6.24. The van der Waals surface area contributed by atoms with E-state index in [1.165, 1.54) is 11.8 Å². The van der Waals surface area contributed by atoms with Crippen LogP contribution in [-0.2, 0) is 12.3 Å². The van der Waals surface area contributed by atoms with Crippen molar-refractivity contribution < 1.29 is 0 Å². The standard InChI is InChI=1S/C13H17Cl2N5S/c1-7(2)20-11(5-16)18-19-13(20)21-6-9-10(14)4-8(3)17-12(9)15/h4,7H,5-6,16H2,1-3H3. The van der Waals surface area contributed by atoms with Crippen LogP contribution in [0, 0.1) is 6.92 Å². The molecule has 2 N–H and O–H groups in total. The van der Waals surface area contributed by atoms with Crippen LogP contribution in [0.4, 0.5) is 0 Å². The topological polar surface area (TPSA) is 69.6 Å². The second-order valence-electron chi connectivity index (χ2n) is 4.87. The molecule has 21 heavy (non-hydrogen) atoms. The molecular formula is C13H17Cl2N5S. The molecule has 2 aromatic heterocycles. The highest BCUT2D eigenvalue weighted by Gasteiger charge is 2.16. The Labute approximate surface area is 138 Å². The SMILES string of the molecule is Cc1cc(Cl)c(CSc2nnc(CN)n2C(C)C)c(Cl)n1. The zero-order chi connectivity index (χ0) is 15.6. The van der Waals surface area contributed by atoms with Crippen molar-refractivity contribution in [1.29, 1.82) is 0 Å². The largest absolute Gasteiger partial charge is 0.324 e. The van der Waals surface area contributed by atoms with E-state index in [1.54, 1.807) is 0 Å². The Hall–Kier alpha value is -0.820. The van der Waals surface area contributed by atoms with Gasteiger partial charge in [-0.25, -0.2) is 4.98 Å². The Kier molecular flexibility index (Phi) is 5.48. The summed E-state index contributed by atoms with van der Waals surface area (Å²) >= 11 is 13.9. The molecule has 0 fully saturated rings. The van der Waals surface area contributed by atoms with E-state index in [4.69, 9.17) is 28.9 Å². The summed E-state index contributed by atoms with van der Waals surface area (Å²) in [6, 6.07) is 2.05. The molecule has 0 spiro atoms. The van der Waals surface area contributed by atoms with Gasteiger partial charge >= 0.3 is 0 Å². The Bertz CT molecular complexity index is 618. The van der Waals surface area contributed by atoms with Crippen LogP contribution in [-0.4, -0.2) is 19.7 Å². The van der Waals surface area contributed by atoms with Crippen LogP contribution >= 0.6 is 35.0 Å². The smallest absolute Gasteiger partial charge is 0.191 e. The van der Waals surface area contributed by atoms with Crippen LogP contribution < -0.4 is 5.73 Å². The van der Waals surface area contributed by atoms with Crippen molar-refractivity contribution in [1.82, 2.24) is 19.7 Å². The molecule has 8 heteroatoms. The Morgan fingerprint density at radius 2 is 2.05 bits per heavy atom. The summed E-state index contributed by atoms with van der Waals surface area (Å²) < 4.78 is 2.02. The third-order valence-corrected chi connectivity index (χ3v) is 4.55. The molecule has 0 atom stereocenters. The minimum atomic E-state index is 0.239. The molecule has 0 aliphatic carbocycles. The molecule has 0 aliphatic heterocycles. The van der Waals surface area contributed by atoms with E-state index in [9.17, 15) is 0 Å². The normalized spacial score (nSPS) is 11.4. The van der Waals surface area contributed by atoms with Crippen LogP contribution in [0.5, 0.6) is 0 Å². The van der Waals surface area contributed by atoms with Crippen LogP contribution in [0.15, 0.2) is 11.2 Å². The van der Waals surface area contributed by atoms with Crippen molar-refractivity contribution in [2.75, 3.05) is 0 Å². The van der Waals surface area contributed by atoms with Gasteiger partial charge in [-0.05, 0) is 26.8 Å². The van der Waals surface area contributed by atoms with Gasteiger partial charge in [0.25, 0.3) is 0 Å². The lowest BCUT2D eigenvalue weighted by Gasteiger charge is -2.13. The predicted octanol–water partition coefficient (Wildman–Crippen LogP) is 3.62. The molecule has 2 aromatic rings. The maximum Gasteiger partial charge on any atom is 0.191 e. The van der Waals surface area contributed by atoms with Crippen LogP contribution in [0.25, 0.3) is 0 Å². The molecule has 0 saturated heterocycles. The van der Waals surface area contributed by atoms with Gasteiger partial charge in [-0.3, -0.25) is 0 Å². The third-order valence-electron chi connectivity index (χ3n) is 2.93. The van der Waals surface area contributed by atoms with E-state index < -0.39 is 0 Å². The van der Waals surface area contributed by atoms with E-state index in [-0.39, 0.29) is 6.04 Å². The molecular weight excluding hydrogens is 329 g/mol. The summed E-state index contributed by atoms with van der Waals surface area (Å²) in [5, 5.41) is 10.2. The minimum absolute atomic E-state index is 0.239. The van der Waals surface area contributed by atoms with Crippen molar-refractivity contribution in [3.8, 4) is 0 Å². The van der Waals surface area contributed by atoms with Crippen molar-refractivity contribution >= 4 is 35.0 Å². The molecule has 0 bridgehead atoms. The number of nitrogens with zero attached hydrogens (tertiary/aromatic N) is 4. The van der Waals surface area contributed by atoms with E-state index >= 15 is 0 Å². The minimum Gasteiger partial charge on any atom is -0.324 e. The highest BCUT2D eigenvalue weighted by Crippen LogP contribution is 2.31. The fourth-order valence-electron chi connectivity index (χ4n) is 1.95. The first-order chi connectivity index (χ1) is 9.93. The number of rotatable bonds is 5. The van der Waals surface area contributed by atoms with E-state index in [2.05, 4.69) is 29.0 Å². The van der Waals surface area contributed by atoms with Crippen LogP contribution in [0.3, 0.4) is 0 Å². The van der Waals surface area contributed by atoms with Crippen molar-refractivity contribution in [3.63, 3.8) is 0 Å². The van der Waals surface area contributed by atoms with Crippen molar-refractivity contribution in [3.05, 3.63) is 33.3 Å². The number of aryl methyl sites for hydroxylation is 1. The van der Waals surface area contributed by atoms with Gasteiger partial charge in [0.05, 0.1) is 6.54 Å². The average molecular weight is 346 g/mol. The first-order valence-corrected chi connectivity index (χ1v) is 8.26. The second-order valence-corrected chi connectivity index (χ2v) is 6.58. The summed E-state index contributed by atoms with van der Waals surface area (Å²) in [5.41, 5.74) is 7.30. The van der Waals surface area contributed by atoms with Gasteiger partial charge in [0.2, 0.25) is 0 Å². The van der Waals surface area contributed by atoms with Gasteiger partial charge < -0.3 is 10.3 Å². The van der Waals surface area contributed by atoms with Gasteiger partial charge in [0.15, 0.2) is 5.16 Å². The van der Waals surface area contributed by atoms with Crippen LogP contribution in [0.1, 0.15) is 37.0 Å². The number of pyridine rings is 1. The summed E-state index contributed by atoms with van der Waals surface area (Å²) in [6.07, 6.45) is 0. The summed E-state index contributed by atoms with van der Waals surface area (Å²) in [4.78, 5) is 4.23. The first-order valence-electron chi connectivity index (χ1n) is 6.52. The Balaban J connectivity index is 2.23. The molecule has 0 saturated carbocycles. The highest BCUT2D eigenvalue weighted by molar-refractivity contribution is 7.98. The molecule has 0 unspecified atom stereocenters. The number of hydrogen-bond acceptors (Lipinski definition) is 5. The molecule has 2 rings (SSSR count). The number of thioether (sulfide) groups is 1. The van der Waals surface area contributed by atoms with Crippen molar-refractivity contribution in [2.24, 2.45) is 5.73 Å². The lowest BCUT2D eigenvalue weighted by molar-refractivity contribution is 0.526. The highest BCUT2D eigenvalue weighted by atomic mass is 35.5. The molecule has 2 heterocycles. The third kappa shape index (κ3) is 3.69. The summed E-state index contributed by atoms with van der Waals surface area (Å²) in [6.45, 7) is 6.36. The van der Waals surface area contributed by atoms with Gasteiger partial charge in [0, 0.05) is 28.1 Å². The monoisotopic (exact) mass is 345 g/mol. The number of halogens is 2. The lowest BCUT2D eigenvalue weighted by atomic mass is 10.3. The molecule has 0 aliphatic rings. The zero-order valence-corrected chi connectivity index (χ0v) is 14.4. The Morgan fingerprint density at radius 3 is 2.62 bits per heavy atom. The van der Waals surface area contributed by atoms with E-state index in [0.29, 0.717) is 22.5 Å². The predicted molar refractivity (Wildman–Crippen MR) is 86.9 cm³/mol. The van der Waals surface area contributed by atoms with Gasteiger partial charge in [-0.2, -0.15) is 0 Å². The number of nitrogens with two attached hydrogens (primary N) is 1. The molecule has 0 amide bonds. The van der Waals surface area contributed by atoms with E-state index in [0.717, 1.165) is 22.2 Å². The van der Waals surface area contributed by atoms with Gasteiger partial charge in [-0.1, -0.05) is 35.0 Å². The van der Waals surface area contributed by atoms with Crippen molar-refractivity contribution in [2.45, 2.75) is 44.3 Å². The average Bonchev–Trinajstić information content (AvgIpc) is 2.80. The van der Waals surface area contributed by atoms with Crippen LogP contribution in [0.2, 0.25) is 10.2 Å². The fraction of sp³-hybridized carbons (Fsp3) is 0.462. The molecule has 114 valence electrons. The molecule has 5 nitrogen and oxygen atoms in total. The second kappa shape index (κ2) is 6.96. The van der Waals surface area contributed by atoms with E-state index in [1.807, 2.05) is 17.6 Å². The quantitative estimate of drug-likeness (QED) is 0.661. The Morgan fingerprint density at radius 1 is 1.33 bits per heavy atom. The molecule has 0 aromatic carbocycles. The van der Waals surface area contributed by atoms with Gasteiger partial charge in [-0.15, -0.1) is 10.2 Å². The summed E-state index contributed by atoms with van der Waals surface area (Å²) in [7, 11) is 0. The molecule has 0 radical (unpaired) electrons. The zero-order valence-electron chi connectivity index (χ0n) is 12.1. The lowest BCUT2D eigenvalue weighted by Crippen LogP contribution is -2.11.